The third-order valence-corrected chi connectivity index (χ3v) is 5.48. The molecule has 1 heterocycles. The van der Waals surface area contributed by atoms with E-state index in [2.05, 4.69) is 9.72 Å². The molecule has 0 aliphatic heterocycles. The molecule has 6 nitrogen and oxygen atoms in total. The maximum atomic E-state index is 12.7. The van der Waals surface area contributed by atoms with Gasteiger partial charge in [-0.25, -0.2) is 9.78 Å². The van der Waals surface area contributed by atoms with Crippen LogP contribution in [-0.4, -0.2) is 54.4 Å². The molecule has 0 fully saturated rings. The number of benzene rings is 1. The van der Waals surface area contributed by atoms with Gasteiger partial charge in [0.05, 0.1) is 19.4 Å². The van der Waals surface area contributed by atoms with Crippen molar-refractivity contribution in [3.63, 3.8) is 0 Å². The van der Waals surface area contributed by atoms with Crippen molar-refractivity contribution in [2.75, 3.05) is 32.6 Å². The molecule has 0 saturated heterocycles. The van der Waals surface area contributed by atoms with Crippen molar-refractivity contribution >= 4 is 35.0 Å². The average Bonchev–Trinajstić information content (AvgIpc) is 3.17. The monoisotopic (exact) mass is 408 g/mol. The van der Waals surface area contributed by atoms with E-state index in [1.165, 1.54) is 30.2 Å². The summed E-state index contributed by atoms with van der Waals surface area (Å²) in [6.45, 7) is 4.18. The molecular weight excluding hydrogens is 384 g/mol. The number of nitrogens with zero attached hydrogens (tertiary/aromatic N) is 2. The molecule has 27 heavy (non-hydrogen) atoms. The van der Waals surface area contributed by atoms with E-state index >= 15 is 0 Å². The lowest BCUT2D eigenvalue weighted by atomic mass is 10.3. The summed E-state index contributed by atoms with van der Waals surface area (Å²) in [5, 5.41) is 2.37. The van der Waals surface area contributed by atoms with E-state index in [0.29, 0.717) is 37.1 Å². The van der Waals surface area contributed by atoms with Gasteiger partial charge < -0.3 is 14.4 Å². The number of carbonyl (C=O) groups excluding carboxylic acids is 2. The van der Waals surface area contributed by atoms with E-state index in [1.54, 1.807) is 10.3 Å². The van der Waals surface area contributed by atoms with Crippen LogP contribution < -0.4 is 0 Å². The smallest absolute Gasteiger partial charge is 0.357 e. The third kappa shape index (κ3) is 7.32. The van der Waals surface area contributed by atoms with Crippen LogP contribution in [0.4, 0.5) is 0 Å². The Kier molecular flexibility index (Phi) is 9.30. The van der Waals surface area contributed by atoms with Gasteiger partial charge in [-0.2, -0.15) is 0 Å². The highest BCUT2D eigenvalue weighted by molar-refractivity contribution is 8.00. The van der Waals surface area contributed by atoms with Crippen molar-refractivity contribution in [1.29, 1.82) is 0 Å². The Morgan fingerprint density at radius 3 is 2.74 bits per heavy atom. The predicted octanol–water partition coefficient (Wildman–Crippen LogP) is 3.48. The zero-order chi connectivity index (χ0) is 19.5. The number of rotatable bonds is 11. The molecule has 0 aliphatic rings. The van der Waals surface area contributed by atoms with Crippen LogP contribution in [0.3, 0.4) is 0 Å². The van der Waals surface area contributed by atoms with E-state index in [4.69, 9.17) is 4.74 Å². The Bertz CT molecular complexity index is 722. The number of thiazole rings is 1. The Balaban J connectivity index is 1.97. The first-order valence-corrected chi connectivity index (χ1v) is 10.6. The van der Waals surface area contributed by atoms with Gasteiger partial charge in [0.15, 0.2) is 5.69 Å². The Morgan fingerprint density at radius 1 is 1.26 bits per heavy atom. The van der Waals surface area contributed by atoms with Crippen molar-refractivity contribution in [2.45, 2.75) is 24.8 Å². The van der Waals surface area contributed by atoms with Crippen LogP contribution in [-0.2, 0) is 20.8 Å². The number of hydrogen-bond donors (Lipinski definition) is 0. The molecule has 0 N–H and O–H groups in total. The number of ether oxygens (including phenoxy) is 2. The van der Waals surface area contributed by atoms with Gasteiger partial charge >= 0.3 is 5.97 Å². The van der Waals surface area contributed by atoms with Crippen LogP contribution in [0.15, 0.2) is 40.6 Å². The first kappa shape index (κ1) is 21.4. The topological polar surface area (TPSA) is 68.7 Å². The van der Waals surface area contributed by atoms with Crippen LogP contribution in [0.2, 0.25) is 0 Å². The van der Waals surface area contributed by atoms with Crippen LogP contribution in [0.1, 0.15) is 28.8 Å². The van der Waals surface area contributed by atoms with Crippen LogP contribution >= 0.6 is 23.1 Å². The Hall–Kier alpha value is -1.90. The maximum absolute atomic E-state index is 12.7. The molecule has 0 aliphatic carbocycles. The summed E-state index contributed by atoms with van der Waals surface area (Å²) in [7, 11) is 1.33. The summed E-state index contributed by atoms with van der Waals surface area (Å²) < 4.78 is 10.1. The van der Waals surface area contributed by atoms with Gasteiger partial charge in [0, 0.05) is 30.0 Å². The summed E-state index contributed by atoms with van der Waals surface area (Å²) in [5.41, 5.74) is 0.276. The second kappa shape index (κ2) is 11.7. The molecular formula is C19H24N2O4S2. The first-order chi connectivity index (χ1) is 13.1. The highest BCUT2D eigenvalue weighted by Gasteiger charge is 2.18. The molecule has 2 aromatic rings. The van der Waals surface area contributed by atoms with Gasteiger partial charge in [0.1, 0.15) is 5.01 Å². The molecule has 0 radical (unpaired) electrons. The lowest BCUT2D eigenvalue weighted by molar-refractivity contribution is -0.129. The largest absolute Gasteiger partial charge is 0.464 e. The van der Waals surface area contributed by atoms with Crippen LogP contribution in [0.25, 0.3) is 0 Å². The minimum absolute atomic E-state index is 0.0372. The van der Waals surface area contributed by atoms with Gasteiger partial charge in [0.25, 0.3) is 0 Å². The zero-order valence-corrected chi connectivity index (χ0v) is 17.2. The molecule has 146 valence electrons. The number of carbonyl (C=O) groups is 2. The highest BCUT2D eigenvalue weighted by Crippen LogP contribution is 2.19. The van der Waals surface area contributed by atoms with Crippen LogP contribution in [0, 0.1) is 0 Å². The normalized spacial score (nSPS) is 10.6. The molecule has 0 spiro atoms. The maximum Gasteiger partial charge on any atom is 0.357 e. The summed E-state index contributed by atoms with van der Waals surface area (Å²) in [4.78, 5) is 31.4. The predicted molar refractivity (Wildman–Crippen MR) is 107 cm³/mol. The van der Waals surface area contributed by atoms with E-state index in [0.717, 1.165) is 11.3 Å². The minimum atomic E-state index is -0.466. The summed E-state index contributed by atoms with van der Waals surface area (Å²) >= 11 is 2.86. The molecule has 0 atom stereocenters. The number of esters is 1. The summed E-state index contributed by atoms with van der Waals surface area (Å²) in [6, 6.07) is 9.84. The lowest BCUT2D eigenvalue weighted by Crippen LogP contribution is -2.33. The van der Waals surface area contributed by atoms with Crippen LogP contribution in [0.5, 0.6) is 0 Å². The van der Waals surface area contributed by atoms with Gasteiger partial charge in [-0.15, -0.1) is 23.1 Å². The molecule has 0 bridgehead atoms. The fourth-order valence-corrected chi connectivity index (χ4v) is 3.89. The van der Waals surface area contributed by atoms with E-state index in [9.17, 15) is 9.59 Å². The SMILES string of the molecule is CCOCCCN(Cc1nc(C(=O)OC)cs1)C(=O)CSc1ccccc1. The molecule has 1 aromatic carbocycles. The Morgan fingerprint density at radius 2 is 2.04 bits per heavy atom. The summed E-state index contributed by atoms with van der Waals surface area (Å²) in [5.74, 6) is -0.0741. The fraction of sp³-hybridized carbons (Fsp3) is 0.421. The molecule has 8 heteroatoms. The third-order valence-electron chi connectivity index (χ3n) is 3.65. The number of amides is 1. The zero-order valence-electron chi connectivity index (χ0n) is 15.6. The number of aromatic nitrogens is 1. The van der Waals surface area contributed by atoms with Gasteiger partial charge in [-0.1, -0.05) is 18.2 Å². The lowest BCUT2D eigenvalue weighted by Gasteiger charge is -2.21. The fourth-order valence-electron chi connectivity index (χ4n) is 2.29. The standard InChI is InChI=1S/C19H24N2O4S2/c1-3-25-11-7-10-21(12-17-20-16(13-27-17)19(23)24-2)18(22)14-26-15-8-5-4-6-9-15/h4-6,8-9,13H,3,7,10-12,14H2,1-2H3. The average molecular weight is 409 g/mol. The van der Waals surface area contributed by atoms with Crippen molar-refractivity contribution in [3.05, 3.63) is 46.4 Å². The van der Waals surface area contributed by atoms with Gasteiger partial charge in [-0.3, -0.25) is 4.79 Å². The number of methoxy groups -OCH3 is 1. The second-order valence-electron chi connectivity index (χ2n) is 5.59. The van der Waals surface area contributed by atoms with Gasteiger partial charge in [0.2, 0.25) is 5.91 Å². The molecule has 0 unspecified atom stereocenters. The Labute approximate surface area is 167 Å². The van der Waals surface area contributed by atoms with E-state index in [-0.39, 0.29) is 11.6 Å². The van der Waals surface area contributed by atoms with Crippen molar-refractivity contribution in [3.8, 4) is 0 Å². The molecule has 0 saturated carbocycles. The van der Waals surface area contributed by atoms with E-state index in [1.807, 2.05) is 37.3 Å². The second-order valence-corrected chi connectivity index (χ2v) is 7.58. The highest BCUT2D eigenvalue weighted by atomic mass is 32.2. The minimum Gasteiger partial charge on any atom is -0.464 e. The molecule has 1 amide bonds. The van der Waals surface area contributed by atoms with Crippen molar-refractivity contribution in [2.24, 2.45) is 0 Å². The van der Waals surface area contributed by atoms with Gasteiger partial charge in [-0.05, 0) is 25.5 Å². The van der Waals surface area contributed by atoms with Crippen molar-refractivity contribution < 1.29 is 19.1 Å². The quantitative estimate of drug-likeness (QED) is 0.322. The molecule has 2 rings (SSSR count). The first-order valence-electron chi connectivity index (χ1n) is 8.70. The summed E-state index contributed by atoms with van der Waals surface area (Å²) in [6.07, 6.45) is 0.755. The molecule has 1 aromatic heterocycles. The van der Waals surface area contributed by atoms with Crippen molar-refractivity contribution in [1.82, 2.24) is 9.88 Å². The number of hydrogen-bond acceptors (Lipinski definition) is 7. The van der Waals surface area contributed by atoms with E-state index < -0.39 is 5.97 Å². The number of thioether (sulfide) groups is 1.